The molecule has 0 spiro atoms. The van der Waals surface area contributed by atoms with Crippen LogP contribution in [0.3, 0.4) is 0 Å². The molecular weight excluding hydrogens is 241 g/mol. The fraction of sp³-hybridized carbons (Fsp3) is 0.250. The van der Waals surface area contributed by atoms with Crippen molar-refractivity contribution in [1.82, 2.24) is 0 Å². The van der Waals surface area contributed by atoms with Gasteiger partial charge in [0, 0.05) is 5.56 Å². The summed E-state index contributed by atoms with van der Waals surface area (Å²) in [5.41, 5.74) is 5.62. The molecule has 0 saturated carbocycles. The molecule has 1 rings (SSSR count). The Morgan fingerprint density at radius 2 is 2.15 bits per heavy atom. The lowest BCUT2D eigenvalue weighted by Gasteiger charge is -2.11. The van der Waals surface area contributed by atoms with Gasteiger partial charge in [0.05, 0.1) is 17.1 Å². The first-order valence-corrected chi connectivity index (χ1v) is 4.40. The van der Waals surface area contributed by atoms with Gasteiger partial charge >= 0.3 is 0 Å². The van der Waals surface area contributed by atoms with Crippen LogP contribution in [0.5, 0.6) is 5.75 Å². The normalized spacial score (nSPS) is 12.9. The summed E-state index contributed by atoms with van der Waals surface area (Å²) in [5, 5.41) is 18.0. The van der Waals surface area contributed by atoms with E-state index < -0.39 is 17.6 Å². The van der Waals surface area contributed by atoms with Crippen molar-refractivity contribution in [1.29, 1.82) is 0 Å². The first-order valence-electron chi connectivity index (χ1n) is 3.61. The van der Waals surface area contributed by atoms with E-state index in [0.717, 1.165) is 0 Å². The molecule has 0 aliphatic carbocycles. The van der Waals surface area contributed by atoms with Crippen molar-refractivity contribution in [3.05, 3.63) is 28.0 Å². The highest BCUT2D eigenvalue weighted by molar-refractivity contribution is 9.10. The molecule has 5 heteroatoms. The first-order chi connectivity index (χ1) is 6.07. The zero-order valence-electron chi connectivity index (χ0n) is 6.67. The molecule has 0 unspecified atom stereocenters. The number of aromatic hydroxyl groups is 1. The molecule has 1 aromatic rings. The predicted octanol–water partition coefficient (Wildman–Crippen LogP) is 1.29. The smallest absolute Gasteiger partial charge is 0.179 e. The first kappa shape index (κ1) is 10.4. The largest absolute Gasteiger partial charge is 0.505 e. The summed E-state index contributed by atoms with van der Waals surface area (Å²) < 4.78 is 13.2. The number of nitrogens with two attached hydrogens (primary N) is 1. The van der Waals surface area contributed by atoms with Crippen molar-refractivity contribution in [3.8, 4) is 5.75 Å². The lowest BCUT2D eigenvalue weighted by atomic mass is 10.1. The van der Waals surface area contributed by atoms with Crippen LogP contribution in [0.25, 0.3) is 0 Å². The van der Waals surface area contributed by atoms with Gasteiger partial charge in [-0.25, -0.2) is 4.39 Å². The summed E-state index contributed by atoms with van der Waals surface area (Å²) in [4.78, 5) is 0. The Morgan fingerprint density at radius 3 is 2.69 bits per heavy atom. The van der Waals surface area contributed by atoms with Gasteiger partial charge in [0.15, 0.2) is 11.6 Å². The summed E-state index contributed by atoms with van der Waals surface area (Å²) in [5.74, 6) is -1.28. The number of phenolic OH excluding ortho intramolecular Hbond substituents is 1. The quantitative estimate of drug-likeness (QED) is 0.740. The third-order valence-electron chi connectivity index (χ3n) is 1.70. The third-order valence-corrected chi connectivity index (χ3v) is 2.31. The standard InChI is InChI=1S/C8H9BrFNO2/c9-5-2-1-4(6(11)3-12)8(13)7(5)10/h1-2,6,12-13H,3,11H2/t6-/m0/s1. The van der Waals surface area contributed by atoms with Gasteiger partial charge in [0.2, 0.25) is 0 Å². The molecule has 72 valence electrons. The molecule has 0 radical (unpaired) electrons. The zero-order valence-corrected chi connectivity index (χ0v) is 8.25. The maximum absolute atomic E-state index is 13.1. The second kappa shape index (κ2) is 4.04. The third kappa shape index (κ3) is 1.99. The van der Waals surface area contributed by atoms with Crippen LogP contribution in [0.1, 0.15) is 11.6 Å². The summed E-state index contributed by atoms with van der Waals surface area (Å²) >= 11 is 2.91. The van der Waals surface area contributed by atoms with E-state index in [1.54, 1.807) is 0 Å². The molecule has 0 bridgehead atoms. The summed E-state index contributed by atoms with van der Waals surface area (Å²) in [6.07, 6.45) is 0. The SMILES string of the molecule is N[C@@H](CO)c1ccc(Br)c(F)c1O. The molecule has 0 aromatic heterocycles. The van der Waals surface area contributed by atoms with Gasteiger partial charge in [0.1, 0.15) is 0 Å². The highest BCUT2D eigenvalue weighted by atomic mass is 79.9. The second-order valence-electron chi connectivity index (χ2n) is 2.59. The van der Waals surface area contributed by atoms with Crippen molar-refractivity contribution in [3.63, 3.8) is 0 Å². The lowest BCUT2D eigenvalue weighted by molar-refractivity contribution is 0.264. The lowest BCUT2D eigenvalue weighted by Crippen LogP contribution is -2.14. The molecule has 4 N–H and O–H groups in total. The van der Waals surface area contributed by atoms with Gasteiger partial charge in [-0.1, -0.05) is 6.07 Å². The van der Waals surface area contributed by atoms with Crippen LogP contribution < -0.4 is 5.73 Å². The topological polar surface area (TPSA) is 66.5 Å². The number of aliphatic hydroxyl groups excluding tert-OH is 1. The van der Waals surface area contributed by atoms with Crippen molar-refractivity contribution in [2.75, 3.05) is 6.61 Å². The number of benzene rings is 1. The van der Waals surface area contributed by atoms with E-state index in [1.165, 1.54) is 12.1 Å². The summed E-state index contributed by atoms with van der Waals surface area (Å²) in [7, 11) is 0. The van der Waals surface area contributed by atoms with Gasteiger partial charge in [-0.3, -0.25) is 0 Å². The Kier molecular flexibility index (Phi) is 3.24. The van der Waals surface area contributed by atoms with Crippen molar-refractivity contribution >= 4 is 15.9 Å². The summed E-state index contributed by atoms with van der Waals surface area (Å²) in [6.45, 7) is -0.339. The maximum Gasteiger partial charge on any atom is 0.179 e. The second-order valence-corrected chi connectivity index (χ2v) is 3.44. The highest BCUT2D eigenvalue weighted by Crippen LogP contribution is 2.30. The van der Waals surface area contributed by atoms with Crippen LogP contribution in [0.4, 0.5) is 4.39 Å². The van der Waals surface area contributed by atoms with E-state index in [2.05, 4.69) is 15.9 Å². The molecule has 0 aliphatic heterocycles. The number of rotatable bonds is 2. The molecule has 0 amide bonds. The van der Waals surface area contributed by atoms with Crippen LogP contribution in [-0.4, -0.2) is 16.8 Å². The molecule has 13 heavy (non-hydrogen) atoms. The number of hydrogen-bond acceptors (Lipinski definition) is 3. The molecule has 0 aliphatic rings. The number of phenols is 1. The van der Waals surface area contributed by atoms with E-state index in [-0.39, 0.29) is 16.6 Å². The van der Waals surface area contributed by atoms with Crippen LogP contribution in [0, 0.1) is 5.82 Å². The fourth-order valence-corrected chi connectivity index (χ4v) is 1.27. The van der Waals surface area contributed by atoms with E-state index in [0.29, 0.717) is 0 Å². The molecule has 1 atom stereocenters. The minimum Gasteiger partial charge on any atom is -0.505 e. The number of hydrogen-bond donors (Lipinski definition) is 3. The Labute approximate surface area is 83.1 Å². The molecular formula is C8H9BrFNO2. The zero-order chi connectivity index (χ0) is 10.0. The van der Waals surface area contributed by atoms with Crippen LogP contribution in [0.2, 0.25) is 0 Å². The minimum atomic E-state index is -0.763. The molecule has 3 nitrogen and oxygen atoms in total. The minimum absolute atomic E-state index is 0.166. The number of aliphatic hydroxyl groups is 1. The van der Waals surface area contributed by atoms with Gasteiger partial charge in [-0.05, 0) is 22.0 Å². The maximum atomic E-state index is 13.1. The van der Waals surface area contributed by atoms with Gasteiger partial charge < -0.3 is 15.9 Å². The van der Waals surface area contributed by atoms with Crippen LogP contribution >= 0.6 is 15.9 Å². The molecule has 0 fully saturated rings. The van der Waals surface area contributed by atoms with Gasteiger partial charge in [0.25, 0.3) is 0 Å². The highest BCUT2D eigenvalue weighted by Gasteiger charge is 2.15. The van der Waals surface area contributed by atoms with Gasteiger partial charge in [-0.15, -0.1) is 0 Å². The molecule has 1 aromatic carbocycles. The van der Waals surface area contributed by atoms with Crippen LogP contribution in [-0.2, 0) is 0 Å². The Morgan fingerprint density at radius 1 is 1.54 bits per heavy atom. The van der Waals surface area contributed by atoms with E-state index in [1.807, 2.05) is 0 Å². The van der Waals surface area contributed by atoms with Crippen molar-refractivity contribution in [2.45, 2.75) is 6.04 Å². The average Bonchev–Trinajstić information content (AvgIpc) is 2.13. The van der Waals surface area contributed by atoms with Gasteiger partial charge in [-0.2, -0.15) is 0 Å². The molecule has 0 saturated heterocycles. The molecule has 0 heterocycles. The predicted molar refractivity (Wildman–Crippen MR) is 49.8 cm³/mol. The Bertz CT molecular complexity index is 319. The Hall–Kier alpha value is -0.650. The Balaban J connectivity index is 3.18. The van der Waals surface area contributed by atoms with Crippen LogP contribution in [0.15, 0.2) is 16.6 Å². The van der Waals surface area contributed by atoms with E-state index >= 15 is 0 Å². The van der Waals surface area contributed by atoms with Crippen molar-refractivity contribution < 1.29 is 14.6 Å². The fourth-order valence-electron chi connectivity index (χ4n) is 0.952. The van der Waals surface area contributed by atoms with Crippen molar-refractivity contribution in [2.24, 2.45) is 5.73 Å². The number of halogens is 2. The monoisotopic (exact) mass is 249 g/mol. The summed E-state index contributed by atoms with van der Waals surface area (Å²) in [6, 6.07) is 2.13. The van der Waals surface area contributed by atoms with E-state index in [9.17, 15) is 9.50 Å². The average molecular weight is 250 g/mol. The van der Waals surface area contributed by atoms with E-state index in [4.69, 9.17) is 10.8 Å².